The zero-order valence-corrected chi connectivity index (χ0v) is 11.2. The Morgan fingerprint density at radius 3 is 2.80 bits per heavy atom. The highest BCUT2D eigenvalue weighted by Crippen LogP contribution is 2.24. The lowest BCUT2D eigenvalue weighted by Crippen LogP contribution is -2.05. The molecule has 0 saturated heterocycles. The van der Waals surface area contributed by atoms with Gasteiger partial charge in [-0.05, 0) is 25.0 Å². The van der Waals surface area contributed by atoms with Crippen molar-refractivity contribution >= 4 is 17.3 Å². The van der Waals surface area contributed by atoms with Gasteiger partial charge in [0.25, 0.3) is 5.69 Å². The van der Waals surface area contributed by atoms with Crippen LogP contribution in [0.25, 0.3) is 0 Å². The van der Waals surface area contributed by atoms with Gasteiger partial charge in [-0.25, -0.2) is 4.39 Å². The summed E-state index contributed by atoms with van der Waals surface area (Å²) < 4.78 is 17.4. The van der Waals surface area contributed by atoms with Crippen LogP contribution in [0.1, 0.15) is 25.7 Å². The highest BCUT2D eigenvalue weighted by Gasteiger charge is 2.14. The third-order valence-electron chi connectivity index (χ3n) is 2.76. The highest BCUT2D eigenvalue weighted by molar-refractivity contribution is 5.69. The molecule has 0 saturated carbocycles. The number of unbranched alkanes of at least 4 members (excludes halogenated alkanes) is 2. The van der Waals surface area contributed by atoms with Crippen molar-refractivity contribution in [2.24, 2.45) is 0 Å². The van der Waals surface area contributed by atoms with E-state index in [-0.39, 0.29) is 11.7 Å². The molecule has 0 atom stereocenters. The van der Waals surface area contributed by atoms with Crippen LogP contribution in [-0.4, -0.2) is 24.5 Å². The van der Waals surface area contributed by atoms with Crippen molar-refractivity contribution in [2.75, 3.05) is 19.0 Å². The molecule has 0 amide bonds. The van der Waals surface area contributed by atoms with Gasteiger partial charge in [0, 0.05) is 13.0 Å². The van der Waals surface area contributed by atoms with Crippen LogP contribution in [0, 0.1) is 15.9 Å². The molecule has 6 nitrogen and oxygen atoms in total. The van der Waals surface area contributed by atoms with Crippen molar-refractivity contribution in [1.82, 2.24) is 0 Å². The zero-order valence-electron chi connectivity index (χ0n) is 11.2. The maximum atomic E-state index is 12.9. The van der Waals surface area contributed by atoms with Gasteiger partial charge in [-0.15, -0.1) is 0 Å². The Hall–Kier alpha value is -2.18. The number of nitrogens with one attached hydrogen (secondary N) is 1. The van der Waals surface area contributed by atoms with Gasteiger partial charge < -0.3 is 10.1 Å². The van der Waals surface area contributed by atoms with Gasteiger partial charge >= 0.3 is 5.97 Å². The summed E-state index contributed by atoms with van der Waals surface area (Å²) in [5.74, 6) is -0.882. The molecule has 0 aliphatic rings. The Morgan fingerprint density at radius 2 is 2.15 bits per heavy atom. The number of hydrogen-bond acceptors (Lipinski definition) is 5. The SMILES string of the molecule is COC(=O)CCCCCNc1ccc(F)cc1[N+](=O)[O-]. The van der Waals surface area contributed by atoms with Gasteiger partial charge in [-0.3, -0.25) is 14.9 Å². The molecule has 0 aliphatic carbocycles. The fraction of sp³-hybridized carbons (Fsp3) is 0.462. The Morgan fingerprint density at radius 1 is 1.40 bits per heavy atom. The third kappa shape index (κ3) is 5.21. The van der Waals surface area contributed by atoms with Crippen LogP contribution < -0.4 is 5.32 Å². The normalized spacial score (nSPS) is 10.1. The summed E-state index contributed by atoms with van der Waals surface area (Å²) in [6.45, 7) is 0.521. The van der Waals surface area contributed by atoms with Gasteiger partial charge in [-0.2, -0.15) is 0 Å². The number of rotatable bonds is 8. The monoisotopic (exact) mass is 284 g/mol. The maximum Gasteiger partial charge on any atom is 0.305 e. The van der Waals surface area contributed by atoms with E-state index < -0.39 is 10.7 Å². The average molecular weight is 284 g/mol. The van der Waals surface area contributed by atoms with Crippen molar-refractivity contribution < 1.29 is 18.8 Å². The van der Waals surface area contributed by atoms with Crippen LogP contribution in [0.4, 0.5) is 15.8 Å². The number of ether oxygens (including phenoxy) is 1. The number of nitro benzene ring substituents is 1. The smallest absolute Gasteiger partial charge is 0.305 e. The van der Waals surface area contributed by atoms with Crippen LogP contribution in [0.3, 0.4) is 0 Å². The molecule has 0 radical (unpaired) electrons. The Labute approximate surface area is 116 Å². The fourth-order valence-electron chi connectivity index (χ4n) is 1.70. The average Bonchev–Trinajstić information content (AvgIpc) is 2.43. The quantitative estimate of drug-likeness (QED) is 0.343. The molecule has 0 spiro atoms. The standard InChI is InChI=1S/C13H17FN2O4/c1-20-13(17)5-3-2-4-8-15-11-7-6-10(14)9-12(11)16(18)19/h6-7,9,15H,2-5,8H2,1H3. The molecule has 0 bridgehead atoms. The molecule has 20 heavy (non-hydrogen) atoms. The number of methoxy groups -OCH3 is 1. The van der Waals surface area contributed by atoms with Crippen LogP contribution in [0.2, 0.25) is 0 Å². The lowest BCUT2D eigenvalue weighted by atomic mass is 10.2. The van der Waals surface area contributed by atoms with Crippen molar-refractivity contribution in [1.29, 1.82) is 0 Å². The summed E-state index contributed by atoms with van der Waals surface area (Å²) in [4.78, 5) is 21.0. The van der Waals surface area contributed by atoms with E-state index in [0.717, 1.165) is 18.9 Å². The first-order valence-electron chi connectivity index (χ1n) is 6.29. The molecule has 1 aromatic rings. The molecular weight excluding hydrogens is 267 g/mol. The summed E-state index contributed by atoms with van der Waals surface area (Å²) in [6, 6.07) is 3.41. The summed E-state index contributed by atoms with van der Waals surface area (Å²) in [5.41, 5.74) is 0.0175. The zero-order chi connectivity index (χ0) is 15.0. The van der Waals surface area contributed by atoms with E-state index in [4.69, 9.17) is 0 Å². The fourth-order valence-corrected chi connectivity index (χ4v) is 1.70. The number of anilines is 1. The summed E-state index contributed by atoms with van der Waals surface area (Å²) in [6.07, 6.45) is 2.63. The lowest BCUT2D eigenvalue weighted by molar-refractivity contribution is -0.384. The number of nitrogens with zero attached hydrogens (tertiary/aromatic N) is 1. The topological polar surface area (TPSA) is 81.5 Å². The van der Waals surface area contributed by atoms with E-state index in [1.165, 1.54) is 19.2 Å². The molecule has 1 N–H and O–H groups in total. The third-order valence-corrected chi connectivity index (χ3v) is 2.76. The second-order valence-corrected chi connectivity index (χ2v) is 4.23. The summed E-state index contributed by atoms with van der Waals surface area (Å²) in [5, 5.41) is 13.7. The number of hydrogen-bond donors (Lipinski definition) is 1. The van der Waals surface area contributed by atoms with Gasteiger partial charge in [0.1, 0.15) is 11.5 Å². The molecule has 0 unspecified atom stereocenters. The van der Waals surface area contributed by atoms with E-state index >= 15 is 0 Å². The molecule has 0 heterocycles. The molecule has 0 aliphatic heterocycles. The maximum absolute atomic E-state index is 12.9. The van der Waals surface area contributed by atoms with Crippen LogP contribution >= 0.6 is 0 Å². The minimum atomic E-state index is -0.639. The van der Waals surface area contributed by atoms with Crippen LogP contribution in [-0.2, 0) is 9.53 Å². The van der Waals surface area contributed by atoms with Gasteiger partial charge in [0.15, 0.2) is 0 Å². The molecule has 1 rings (SSSR count). The molecule has 7 heteroatoms. The van der Waals surface area contributed by atoms with Crippen LogP contribution in [0.5, 0.6) is 0 Å². The van der Waals surface area contributed by atoms with Crippen molar-refractivity contribution in [3.05, 3.63) is 34.1 Å². The number of carbonyl (C=O) groups is 1. The second kappa shape index (κ2) is 8.08. The van der Waals surface area contributed by atoms with E-state index in [1.807, 2.05) is 0 Å². The number of carbonyl (C=O) groups excluding carboxylic acids is 1. The van der Waals surface area contributed by atoms with Crippen molar-refractivity contribution in [3.63, 3.8) is 0 Å². The molecule has 1 aromatic carbocycles. The predicted octanol–water partition coefficient (Wildman–Crippen LogP) is 2.88. The Kier molecular flexibility index (Phi) is 6.42. The van der Waals surface area contributed by atoms with Crippen LogP contribution in [0.15, 0.2) is 18.2 Å². The minimum absolute atomic E-state index is 0.243. The lowest BCUT2D eigenvalue weighted by Gasteiger charge is -2.07. The van der Waals surface area contributed by atoms with E-state index in [2.05, 4.69) is 10.1 Å². The number of esters is 1. The van der Waals surface area contributed by atoms with Gasteiger partial charge in [-0.1, -0.05) is 6.42 Å². The predicted molar refractivity (Wildman–Crippen MR) is 72.0 cm³/mol. The molecule has 110 valence electrons. The van der Waals surface area contributed by atoms with Crippen molar-refractivity contribution in [3.8, 4) is 0 Å². The summed E-state index contributed by atoms with van der Waals surface area (Å²) in [7, 11) is 1.34. The van der Waals surface area contributed by atoms with Gasteiger partial charge in [0.2, 0.25) is 0 Å². The van der Waals surface area contributed by atoms with E-state index in [0.29, 0.717) is 25.1 Å². The Balaban J connectivity index is 2.35. The first kappa shape index (κ1) is 15.9. The highest BCUT2D eigenvalue weighted by atomic mass is 19.1. The van der Waals surface area contributed by atoms with E-state index in [1.54, 1.807) is 0 Å². The number of benzene rings is 1. The van der Waals surface area contributed by atoms with Crippen molar-refractivity contribution in [2.45, 2.75) is 25.7 Å². The molecule has 0 fully saturated rings. The minimum Gasteiger partial charge on any atom is -0.469 e. The number of nitro groups is 1. The largest absolute Gasteiger partial charge is 0.469 e. The molecular formula is C13H17FN2O4. The van der Waals surface area contributed by atoms with Gasteiger partial charge in [0.05, 0.1) is 18.1 Å². The number of halogens is 1. The summed E-state index contributed by atoms with van der Waals surface area (Å²) >= 11 is 0. The first-order chi connectivity index (χ1) is 9.54. The second-order valence-electron chi connectivity index (χ2n) is 4.23. The Bertz CT molecular complexity index is 479. The molecule has 0 aromatic heterocycles. The first-order valence-corrected chi connectivity index (χ1v) is 6.29. The van der Waals surface area contributed by atoms with E-state index in [9.17, 15) is 19.3 Å².